The van der Waals surface area contributed by atoms with Gasteiger partial charge in [0.2, 0.25) is 17.7 Å². The van der Waals surface area contributed by atoms with Crippen molar-refractivity contribution in [3.05, 3.63) is 77.6 Å². The number of rotatable bonds is 5. The lowest BCUT2D eigenvalue weighted by Crippen LogP contribution is -2.45. The lowest BCUT2D eigenvalue weighted by atomic mass is 9.67. The summed E-state index contributed by atoms with van der Waals surface area (Å²) in [6.45, 7) is 2.07. The fraction of sp³-hybridized carbons (Fsp3) is 0.310. The predicted octanol–water partition coefficient (Wildman–Crippen LogP) is 3.98. The molecule has 3 saturated heterocycles. The van der Waals surface area contributed by atoms with E-state index >= 15 is 0 Å². The molecule has 4 atom stereocenters. The van der Waals surface area contributed by atoms with Crippen LogP contribution in [0.1, 0.15) is 37.3 Å². The van der Waals surface area contributed by atoms with Crippen molar-refractivity contribution in [2.45, 2.75) is 43.9 Å². The van der Waals surface area contributed by atoms with E-state index in [2.05, 4.69) is 11.4 Å². The van der Waals surface area contributed by atoms with Crippen molar-refractivity contribution in [2.75, 3.05) is 4.90 Å². The van der Waals surface area contributed by atoms with E-state index in [1.165, 1.54) is 17.0 Å². The molecular weight excluding hydrogens is 473 g/mol. The maximum absolute atomic E-state index is 13.9. The molecule has 3 fully saturated rings. The largest absolute Gasteiger partial charge is 0.367 e. The third-order valence-corrected chi connectivity index (χ3v) is 8.14. The van der Waals surface area contributed by atoms with E-state index in [0.29, 0.717) is 34.9 Å². The molecule has 3 aliphatic heterocycles. The van der Waals surface area contributed by atoms with E-state index in [1.807, 2.05) is 13.0 Å². The normalized spacial score (nSPS) is 28.0. The van der Waals surface area contributed by atoms with Crippen LogP contribution in [-0.2, 0) is 25.7 Å². The molecule has 3 aromatic carbocycles. The number of hydrogen-bond acceptors (Lipinski definition) is 5. The summed E-state index contributed by atoms with van der Waals surface area (Å²) in [5.74, 6) is -2.82. The lowest BCUT2D eigenvalue weighted by molar-refractivity contribution is -0.135. The zero-order chi connectivity index (χ0) is 25.9. The van der Waals surface area contributed by atoms with Crippen LogP contribution in [0, 0.1) is 29.0 Å². The second-order valence-corrected chi connectivity index (χ2v) is 10.3. The molecule has 1 N–H and O–H groups in total. The van der Waals surface area contributed by atoms with Gasteiger partial charge in [0.05, 0.1) is 46.8 Å². The highest BCUT2D eigenvalue weighted by Crippen LogP contribution is 2.62. The quantitative estimate of drug-likeness (QED) is 0.538. The molecule has 0 radical (unpaired) electrons. The minimum atomic E-state index is -1.07. The zero-order valence-electron chi connectivity index (χ0n) is 20.2. The van der Waals surface area contributed by atoms with Gasteiger partial charge in [-0.25, -0.2) is 9.29 Å². The maximum Gasteiger partial charge on any atom is 0.240 e. The lowest BCUT2D eigenvalue weighted by Gasteiger charge is -2.30. The first-order valence-corrected chi connectivity index (χ1v) is 12.3. The number of halogens is 1. The van der Waals surface area contributed by atoms with Gasteiger partial charge >= 0.3 is 0 Å². The average Bonchev–Trinajstić information content (AvgIpc) is 3.47. The third kappa shape index (κ3) is 3.45. The molecule has 0 spiro atoms. The van der Waals surface area contributed by atoms with E-state index in [-0.39, 0.29) is 36.5 Å². The number of carbonyl (C=O) groups is 3. The Morgan fingerprint density at radius 2 is 1.76 bits per heavy atom. The molecule has 8 heteroatoms. The Bertz CT molecular complexity index is 1510. The summed E-state index contributed by atoms with van der Waals surface area (Å²) in [7, 11) is 0. The number of ether oxygens (including phenoxy) is 1. The second-order valence-electron chi connectivity index (χ2n) is 10.3. The van der Waals surface area contributed by atoms with Crippen LogP contribution in [0.5, 0.6) is 0 Å². The van der Waals surface area contributed by atoms with E-state index in [4.69, 9.17) is 4.74 Å². The van der Waals surface area contributed by atoms with E-state index in [1.54, 1.807) is 42.5 Å². The molecule has 3 heterocycles. The van der Waals surface area contributed by atoms with Crippen molar-refractivity contribution in [3.63, 3.8) is 0 Å². The molecule has 3 amide bonds. The van der Waals surface area contributed by atoms with Gasteiger partial charge in [-0.15, -0.1) is 0 Å². The van der Waals surface area contributed by atoms with Gasteiger partial charge in [-0.3, -0.25) is 14.4 Å². The summed E-state index contributed by atoms with van der Waals surface area (Å²) in [6, 6.07) is 18.5. The van der Waals surface area contributed by atoms with Crippen LogP contribution in [0.15, 0.2) is 60.7 Å². The van der Waals surface area contributed by atoms with Gasteiger partial charge in [0, 0.05) is 17.3 Å². The molecule has 3 aliphatic rings. The number of carbonyl (C=O) groups excluding carboxylic acids is 3. The number of amides is 3. The monoisotopic (exact) mass is 497 g/mol. The number of fused-ring (bicyclic) bond motifs is 6. The van der Waals surface area contributed by atoms with Gasteiger partial charge in [0.25, 0.3) is 0 Å². The van der Waals surface area contributed by atoms with Gasteiger partial charge in [0.1, 0.15) is 5.82 Å². The number of nitrogens with zero attached hydrogens (tertiary/aromatic N) is 2. The number of nitrogens with one attached hydrogen (secondary N) is 1. The fourth-order valence-electron chi connectivity index (χ4n) is 6.46. The number of nitriles is 1. The SMILES string of the molecule is CC12CCC(CC(=O)NCc3ccc(F)cc3)(O1)[C@@H]1C(=O)N(c3ccc(C#N)c4ccccc34)C(=O)[C@@H]12. The smallest absolute Gasteiger partial charge is 0.240 e. The van der Waals surface area contributed by atoms with Crippen molar-refractivity contribution in [2.24, 2.45) is 11.8 Å². The van der Waals surface area contributed by atoms with Crippen LogP contribution in [0.2, 0.25) is 0 Å². The molecule has 6 rings (SSSR count). The fourth-order valence-corrected chi connectivity index (χ4v) is 6.46. The van der Waals surface area contributed by atoms with Crippen molar-refractivity contribution < 1.29 is 23.5 Å². The highest BCUT2D eigenvalue weighted by molar-refractivity contribution is 6.26. The third-order valence-electron chi connectivity index (χ3n) is 8.14. The minimum absolute atomic E-state index is 0.0497. The molecule has 3 aromatic rings. The topological polar surface area (TPSA) is 99.5 Å². The first kappa shape index (κ1) is 23.3. The Balaban J connectivity index is 1.31. The van der Waals surface area contributed by atoms with Crippen LogP contribution in [0.3, 0.4) is 0 Å². The number of hydrogen-bond donors (Lipinski definition) is 1. The molecule has 2 unspecified atom stereocenters. The Morgan fingerprint density at radius 1 is 1.05 bits per heavy atom. The highest BCUT2D eigenvalue weighted by Gasteiger charge is 2.74. The standard InChI is InChI=1S/C29H24FN3O4/c1-28-12-13-29(37-28,14-23(34)32-16-17-6-9-19(30)10-7-17)25-24(28)26(35)33(27(25)36)22-11-8-18(15-31)20-4-2-3-5-21(20)22/h2-11,24-25H,12-14,16H2,1H3,(H,32,34)/t24-,25+,28?,29?/m1/s1. The molecule has 0 saturated carbocycles. The van der Waals surface area contributed by atoms with E-state index < -0.39 is 23.0 Å². The van der Waals surface area contributed by atoms with E-state index in [0.717, 1.165) is 5.56 Å². The summed E-state index contributed by atoms with van der Waals surface area (Å²) < 4.78 is 19.6. The van der Waals surface area contributed by atoms with E-state index in [9.17, 15) is 24.0 Å². The molecule has 186 valence electrons. The van der Waals surface area contributed by atoms with Crippen LogP contribution in [-0.4, -0.2) is 28.9 Å². The Labute approximate surface area is 212 Å². The van der Waals surface area contributed by atoms with Gasteiger partial charge in [-0.2, -0.15) is 5.26 Å². The average molecular weight is 498 g/mol. The maximum atomic E-state index is 13.9. The van der Waals surface area contributed by atoms with Crippen molar-refractivity contribution >= 4 is 34.2 Å². The summed E-state index contributed by atoms with van der Waals surface area (Å²) in [5, 5.41) is 13.7. The molecule has 0 aromatic heterocycles. The number of imide groups is 1. The second kappa shape index (κ2) is 8.22. The van der Waals surface area contributed by atoms with Crippen LogP contribution >= 0.6 is 0 Å². The van der Waals surface area contributed by atoms with Crippen LogP contribution in [0.4, 0.5) is 10.1 Å². The number of anilines is 1. The van der Waals surface area contributed by atoms with Crippen molar-refractivity contribution in [1.29, 1.82) is 5.26 Å². The molecule has 7 nitrogen and oxygen atoms in total. The summed E-state index contributed by atoms with van der Waals surface area (Å²) in [4.78, 5) is 41.9. The first-order valence-electron chi connectivity index (χ1n) is 12.3. The van der Waals surface area contributed by atoms with Crippen LogP contribution in [0.25, 0.3) is 10.8 Å². The Hall–Kier alpha value is -4.09. The Morgan fingerprint density at radius 3 is 2.49 bits per heavy atom. The zero-order valence-corrected chi connectivity index (χ0v) is 20.2. The van der Waals surface area contributed by atoms with Gasteiger partial charge < -0.3 is 10.1 Å². The summed E-state index contributed by atoms with van der Waals surface area (Å²) in [6.07, 6.45) is 1.02. The number of benzene rings is 3. The van der Waals surface area contributed by atoms with Crippen molar-refractivity contribution in [1.82, 2.24) is 5.32 Å². The molecule has 2 bridgehead atoms. The highest BCUT2D eigenvalue weighted by atomic mass is 19.1. The minimum Gasteiger partial charge on any atom is -0.367 e. The molecule has 0 aliphatic carbocycles. The van der Waals surface area contributed by atoms with Gasteiger partial charge in [-0.1, -0.05) is 36.4 Å². The van der Waals surface area contributed by atoms with Gasteiger partial charge in [0.15, 0.2) is 0 Å². The predicted molar refractivity (Wildman–Crippen MR) is 132 cm³/mol. The summed E-state index contributed by atoms with van der Waals surface area (Å²) >= 11 is 0. The first-order chi connectivity index (χ1) is 17.8. The van der Waals surface area contributed by atoms with Gasteiger partial charge in [-0.05, 0) is 49.6 Å². The molecule has 37 heavy (non-hydrogen) atoms. The Kier molecular flexibility index (Phi) is 5.18. The van der Waals surface area contributed by atoms with Crippen molar-refractivity contribution in [3.8, 4) is 6.07 Å². The summed E-state index contributed by atoms with van der Waals surface area (Å²) in [5.41, 5.74) is -0.261. The van der Waals surface area contributed by atoms with Crippen LogP contribution < -0.4 is 10.2 Å². The molecular formula is C29H24FN3O4.